The molecular weight excluding hydrogens is 375 g/mol. The molecule has 0 fully saturated rings. The van der Waals surface area contributed by atoms with E-state index >= 15 is 0 Å². The number of rotatable bonds is 4. The summed E-state index contributed by atoms with van der Waals surface area (Å²) in [7, 11) is -4.57. The Bertz CT molecular complexity index is 788. The van der Waals surface area contributed by atoms with Crippen molar-refractivity contribution in [2.75, 3.05) is 0 Å². The summed E-state index contributed by atoms with van der Waals surface area (Å²) in [5, 5.41) is 13.1. The molecule has 12 heteroatoms. The van der Waals surface area contributed by atoms with E-state index < -0.39 is 40.4 Å². The van der Waals surface area contributed by atoms with E-state index in [4.69, 9.17) is 0 Å². The van der Waals surface area contributed by atoms with Gasteiger partial charge in [0, 0.05) is 6.42 Å². The minimum Gasteiger partial charge on any atom is -0.368 e. The van der Waals surface area contributed by atoms with E-state index in [0.717, 1.165) is 19.1 Å². The Morgan fingerprint density at radius 3 is 2.20 bits per heavy atom. The topological polar surface area (TPSA) is 79.2 Å². The molecule has 0 aromatic heterocycles. The van der Waals surface area contributed by atoms with Crippen LogP contribution in [0.15, 0.2) is 34.3 Å². The summed E-state index contributed by atoms with van der Waals surface area (Å²) in [5.74, 6) is 0. The molecule has 0 saturated heterocycles. The van der Waals surface area contributed by atoms with E-state index in [1.165, 1.54) is 12.1 Å². The third kappa shape index (κ3) is 4.07. The number of hydrazone groups is 1. The van der Waals surface area contributed by atoms with E-state index in [2.05, 4.69) is 9.84 Å². The lowest BCUT2D eigenvalue weighted by Crippen LogP contribution is -2.44. The highest BCUT2D eigenvalue weighted by Gasteiger charge is 2.56. The first-order valence-electron chi connectivity index (χ1n) is 6.72. The molecule has 1 N–H and O–H groups in total. The Labute approximate surface area is 139 Å². The molecular formula is C13H13F5N2O4S. The van der Waals surface area contributed by atoms with Gasteiger partial charge in [-0.15, -0.1) is 13.2 Å². The van der Waals surface area contributed by atoms with Gasteiger partial charge in [-0.25, -0.2) is 4.74 Å². The minimum absolute atomic E-state index is 0.0480. The predicted molar refractivity (Wildman–Crippen MR) is 75.0 cm³/mol. The maximum absolute atomic E-state index is 13.6. The molecule has 1 aromatic rings. The Morgan fingerprint density at radius 2 is 1.72 bits per heavy atom. The van der Waals surface area contributed by atoms with Gasteiger partial charge >= 0.3 is 12.5 Å². The highest BCUT2D eigenvalue weighted by atomic mass is 32.2. The van der Waals surface area contributed by atoms with Gasteiger partial charge in [0.05, 0.1) is 4.90 Å². The van der Waals surface area contributed by atoms with Gasteiger partial charge in [-0.3, -0.25) is 0 Å². The lowest BCUT2D eigenvalue weighted by molar-refractivity contribution is -0.403. The predicted octanol–water partition coefficient (Wildman–Crippen LogP) is 2.58. The second-order valence-corrected chi connectivity index (χ2v) is 7.33. The van der Waals surface area contributed by atoms with Crippen LogP contribution in [0.1, 0.15) is 18.9 Å². The van der Waals surface area contributed by atoms with Crippen molar-refractivity contribution < 1.29 is 40.2 Å². The second kappa shape index (κ2) is 5.88. The molecule has 0 aliphatic carbocycles. The monoisotopic (exact) mass is 388 g/mol. The van der Waals surface area contributed by atoms with Crippen molar-refractivity contribution in [3.8, 4) is 0 Å². The molecule has 0 saturated carbocycles. The number of hydrogen-bond acceptors (Lipinski definition) is 5. The largest absolute Gasteiger partial charge is 0.527 e. The van der Waals surface area contributed by atoms with Gasteiger partial charge in [-0.2, -0.15) is 26.7 Å². The maximum atomic E-state index is 13.6. The molecule has 1 aliphatic rings. The van der Waals surface area contributed by atoms with Gasteiger partial charge in [0.25, 0.3) is 10.0 Å². The van der Waals surface area contributed by atoms with Crippen LogP contribution in [0.3, 0.4) is 0 Å². The quantitative estimate of drug-likeness (QED) is 0.805. The van der Waals surface area contributed by atoms with Gasteiger partial charge in [0.2, 0.25) is 0 Å². The molecule has 25 heavy (non-hydrogen) atoms. The smallest absolute Gasteiger partial charge is 0.368 e. The summed E-state index contributed by atoms with van der Waals surface area (Å²) in [6.45, 7) is 2.51. The summed E-state index contributed by atoms with van der Waals surface area (Å²) in [4.78, 5) is -0.372. The lowest BCUT2D eigenvalue weighted by Gasteiger charge is -2.27. The third-order valence-corrected chi connectivity index (χ3v) is 5.05. The molecule has 0 unspecified atom stereocenters. The van der Waals surface area contributed by atoms with E-state index in [-0.39, 0.29) is 9.31 Å². The highest BCUT2D eigenvalue weighted by molar-refractivity contribution is 7.89. The number of hydrogen-bond donors (Lipinski definition) is 1. The molecule has 2 rings (SSSR count). The molecule has 0 bridgehead atoms. The Hall–Kier alpha value is -1.79. The molecule has 1 aliphatic heterocycles. The van der Waals surface area contributed by atoms with E-state index in [1.54, 1.807) is 6.92 Å². The van der Waals surface area contributed by atoms with E-state index in [9.17, 15) is 35.5 Å². The number of nitrogens with zero attached hydrogens (tertiary/aromatic N) is 2. The molecule has 0 spiro atoms. The Balaban J connectivity index is 2.43. The fraction of sp³-hybridized carbons (Fsp3) is 0.462. The van der Waals surface area contributed by atoms with Crippen LogP contribution in [0.4, 0.5) is 22.0 Å². The van der Waals surface area contributed by atoms with Crippen molar-refractivity contribution in [3.05, 3.63) is 29.8 Å². The van der Waals surface area contributed by atoms with Crippen LogP contribution in [0.5, 0.6) is 0 Å². The van der Waals surface area contributed by atoms with Crippen LogP contribution in [0.25, 0.3) is 0 Å². The zero-order valence-electron chi connectivity index (χ0n) is 12.9. The summed E-state index contributed by atoms with van der Waals surface area (Å²) >= 11 is 0. The number of halogens is 5. The van der Waals surface area contributed by atoms with Crippen LogP contribution in [-0.4, -0.2) is 41.8 Å². The first-order chi connectivity index (χ1) is 11.2. The highest BCUT2D eigenvalue weighted by Crippen LogP contribution is 2.38. The summed E-state index contributed by atoms with van der Waals surface area (Å²) in [6, 6.07) is 5.14. The van der Waals surface area contributed by atoms with Crippen LogP contribution in [0, 0.1) is 6.92 Å². The molecule has 1 atom stereocenters. The fourth-order valence-electron chi connectivity index (χ4n) is 2.13. The average Bonchev–Trinajstić information content (AvgIpc) is 2.74. The minimum atomic E-state index is -5.68. The lowest BCUT2D eigenvalue weighted by atomic mass is 10.1. The maximum Gasteiger partial charge on any atom is 0.527 e. The van der Waals surface area contributed by atoms with E-state index in [0.29, 0.717) is 5.56 Å². The molecule has 140 valence electrons. The standard InChI is InChI=1S/C13H13F5N2O4S/c1-8-3-5-9(6-4-8)25(22,23)20-11(2,21)7-10(19-20)12(14,15)24-13(16,17)18/h3-6,21H,7H2,1-2H3/t11-/m1/s1. The van der Waals surface area contributed by atoms with Crippen molar-refractivity contribution in [2.45, 2.75) is 43.4 Å². The zero-order chi connectivity index (χ0) is 19.3. The number of sulfonamides is 1. The van der Waals surface area contributed by atoms with Gasteiger partial charge in [-0.1, -0.05) is 17.7 Å². The number of alkyl halides is 5. The molecule has 0 amide bonds. The van der Waals surface area contributed by atoms with Crippen molar-refractivity contribution in [1.82, 2.24) is 4.41 Å². The van der Waals surface area contributed by atoms with E-state index in [1.807, 2.05) is 0 Å². The van der Waals surface area contributed by atoms with Gasteiger partial charge < -0.3 is 5.11 Å². The van der Waals surface area contributed by atoms with Crippen LogP contribution >= 0.6 is 0 Å². The van der Waals surface area contributed by atoms with Crippen molar-refractivity contribution >= 4 is 15.7 Å². The number of benzene rings is 1. The van der Waals surface area contributed by atoms with Gasteiger partial charge in [0.1, 0.15) is 5.71 Å². The average molecular weight is 388 g/mol. The third-order valence-electron chi connectivity index (χ3n) is 3.25. The normalized spacial score (nSPS) is 22.2. The molecule has 6 nitrogen and oxygen atoms in total. The van der Waals surface area contributed by atoms with Crippen LogP contribution < -0.4 is 0 Å². The molecule has 1 aromatic carbocycles. The Kier molecular flexibility index (Phi) is 4.60. The van der Waals surface area contributed by atoms with Crippen molar-refractivity contribution in [1.29, 1.82) is 0 Å². The SMILES string of the molecule is Cc1ccc(S(=O)(=O)N2N=C(C(F)(F)OC(F)(F)F)C[C@@]2(C)O)cc1. The summed E-state index contributed by atoms with van der Waals surface area (Å²) < 4.78 is 91.0. The number of ether oxygens (including phenoxy) is 1. The number of aliphatic hydroxyl groups is 1. The summed E-state index contributed by atoms with van der Waals surface area (Å²) in [6.07, 6.45) is -11.8. The zero-order valence-corrected chi connectivity index (χ0v) is 13.7. The first-order valence-corrected chi connectivity index (χ1v) is 8.16. The van der Waals surface area contributed by atoms with Crippen molar-refractivity contribution in [2.24, 2.45) is 5.10 Å². The molecule has 0 radical (unpaired) electrons. The number of aryl methyl sites for hydroxylation is 1. The first kappa shape index (κ1) is 19.5. The van der Waals surface area contributed by atoms with Gasteiger partial charge in [-0.05, 0) is 26.0 Å². The summed E-state index contributed by atoms with van der Waals surface area (Å²) in [5.41, 5.74) is -3.34. The Morgan fingerprint density at radius 1 is 1.20 bits per heavy atom. The fourth-order valence-corrected chi connectivity index (χ4v) is 3.59. The van der Waals surface area contributed by atoms with Crippen LogP contribution in [-0.2, 0) is 14.8 Å². The second-order valence-electron chi connectivity index (χ2n) is 5.57. The van der Waals surface area contributed by atoms with Gasteiger partial charge in [0.15, 0.2) is 5.72 Å². The van der Waals surface area contributed by atoms with Crippen molar-refractivity contribution in [3.63, 3.8) is 0 Å². The van der Waals surface area contributed by atoms with Crippen LogP contribution in [0.2, 0.25) is 0 Å². The molecule has 1 heterocycles.